The Balaban J connectivity index is 2.96. The number of hydrogen-bond donors (Lipinski definition) is 1. The molecule has 0 amide bonds. The van der Waals surface area contributed by atoms with E-state index in [9.17, 15) is 9.59 Å². The summed E-state index contributed by atoms with van der Waals surface area (Å²) in [6.45, 7) is 1.68. The van der Waals surface area contributed by atoms with E-state index in [-0.39, 0.29) is 6.61 Å². The summed E-state index contributed by atoms with van der Waals surface area (Å²) >= 11 is 5.88. The highest BCUT2D eigenvalue weighted by atomic mass is 35.5. The molecule has 0 fully saturated rings. The number of carbonyl (C=O) groups excluding carboxylic acids is 1. The van der Waals surface area contributed by atoms with Gasteiger partial charge in [0.25, 0.3) is 0 Å². The average molecular weight is 270 g/mol. The van der Waals surface area contributed by atoms with Crippen LogP contribution in [0, 0.1) is 0 Å². The van der Waals surface area contributed by atoms with Gasteiger partial charge in [0.1, 0.15) is 0 Å². The first kappa shape index (κ1) is 14.1. The molecule has 0 spiro atoms. The second-order valence-electron chi connectivity index (χ2n) is 3.22. The molecule has 1 aromatic rings. The Kier molecular flexibility index (Phi) is 5.20. The molecular formula is C12H12ClNO4. The lowest BCUT2D eigenvalue weighted by molar-refractivity contribution is -0.143. The number of carbonyl (C=O) groups is 2. The van der Waals surface area contributed by atoms with Crippen molar-refractivity contribution in [3.05, 3.63) is 42.1 Å². The van der Waals surface area contributed by atoms with Gasteiger partial charge >= 0.3 is 11.9 Å². The molecule has 18 heavy (non-hydrogen) atoms. The van der Waals surface area contributed by atoms with Crippen molar-refractivity contribution in [2.45, 2.75) is 6.92 Å². The van der Waals surface area contributed by atoms with Crippen LogP contribution in [0.15, 0.2) is 42.1 Å². The summed E-state index contributed by atoms with van der Waals surface area (Å²) in [7, 11) is 0. The number of carboxylic acids is 1. The number of anilines is 1. The van der Waals surface area contributed by atoms with Gasteiger partial charge in [0, 0.05) is 18.0 Å². The molecule has 0 saturated heterocycles. The Morgan fingerprint density at radius 1 is 1.39 bits per heavy atom. The first-order valence-electron chi connectivity index (χ1n) is 5.18. The van der Waals surface area contributed by atoms with E-state index in [0.29, 0.717) is 5.69 Å². The summed E-state index contributed by atoms with van der Waals surface area (Å²) in [6, 6.07) is 8.62. The van der Waals surface area contributed by atoms with Crippen molar-refractivity contribution in [3.8, 4) is 0 Å². The molecule has 0 radical (unpaired) electrons. The van der Waals surface area contributed by atoms with Crippen LogP contribution < -0.4 is 4.42 Å². The van der Waals surface area contributed by atoms with Crippen LogP contribution in [-0.2, 0) is 14.3 Å². The summed E-state index contributed by atoms with van der Waals surface area (Å²) in [5, 5.41) is 8.91. The molecule has 0 heterocycles. The molecule has 0 aliphatic rings. The molecule has 96 valence electrons. The van der Waals surface area contributed by atoms with E-state index in [0.717, 1.165) is 10.6 Å². The van der Waals surface area contributed by atoms with Gasteiger partial charge in [-0.05, 0) is 19.1 Å². The number of hydrogen-bond acceptors (Lipinski definition) is 4. The maximum atomic E-state index is 11.4. The predicted octanol–water partition coefficient (Wildman–Crippen LogP) is 2.18. The Bertz CT molecular complexity index is 458. The fraction of sp³-hybridized carbons (Fsp3) is 0.167. The maximum Gasteiger partial charge on any atom is 0.347 e. The topological polar surface area (TPSA) is 66.8 Å². The van der Waals surface area contributed by atoms with E-state index in [4.69, 9.17) is 16.9 Å². The van der Waals surface area contributed by atoms with Crippen LogP contribution in [0.2, 0.25) is 0 Å². The number of halogens is 1. The molecule has 0 atom stereocenters. The van der Waals surface area contributed by atoms with Crippen LogP contribution in [0.1, 0.15) is 6.92 Å². The molecule has 0 aromatic heterocycles. The highest BCUT2D eigenvalue weighted by Gasteiger charge is 2.20. The smallest absolute Gasteiger partial charge is 0.347 e. The highest BCUT2D eigenvalue weighted by Crippen LogP contribution is 2.17. The zero-order chi connectivity index (χ0) is 13.5. The fourth-order valence-electron chi connectivity index (χ4n) is 1.16. The first-order valence-corrected chi connectivity index (χ1v) is 5.52. The largest absolute Gasteiger partial charge is 0.477 e. The predicted molar refractivity (Wildman–Crippen MR) is 67.1 cm³/mol. The number of para-hydroxylation sites is 1. The third kappa shape index (κ3) is 3.78. The van der Waals surface area contributed by atoms with Crippen molar-refractivity contribution in [3.63, 3.8) is 0 Å². The number of esters is 1. The number of benzene rings is 1. The minimum absolute atomic E-state index is 0.0943. The van der Waals surface area contributed by atoms with Crippen molar-refractivity contribution < 1.29 is 19.4 Å². The quantitative estimate of drug-likeness (QED) is 0.292. The van der Waals surface area contributed by atoms with Gasteiger partial charge in [-0.25, -0.2) is 9.59 Å². The van der Waals surface area contributed by atoms with Crippen LogP contribution in [0.25, 0.3) is 0 Å². The zero-order valence-corrected chi connectivity index (χ0v) is 10.4. The second kappa shape index (κ2) is 6.66. The minimum atomic E-state index is -1.39. The average Bonchev–Trinajstić information content (AvgIpc) is 2.36. The van der Waals surface area contributed by atoms with Crippen LogP contribution >= 0.6 is 11.8 Å². The van der Waals surface area contributed by atoms with Gasteiger partial charge in [-0.15, -0.1) is 0 Å². The summed E-state index contributed by atoms with van der Waals surface area (Å²) in [5.74, 6) is -2.32. The summed E-state index contributed by atoms with van der Waals surface area (Å²) in [6.07, 6.45) is 1.01. The lowest BCUT2D eigenvalue weighted by atomic mass is 10.3. The van der Waals surface area contributed by atoms with Crippen molar-refractivity contribution in [2.75, 3.05) is 11.0 Å². The molecule has 0 aliphatic heterocycles. The summed E-state index contributed by atoms with van der Waals surface area (Å²) in [5.41, 5.74) is 0.0120. The molecule has 0 unspecified atom stereocenters. The normalized spacial score (nSPS) is 10.9. The van der Waals surface area contributed by atoms with E-state index in [1.807, 2.05) is 0 Å². The number of aliphatic carboxylic acids is 1. The molecule has 0 saturated carbocycles. The summed E-state index contributed by atoms with van der Waals surface area (Å²) < 4.78 is 5.66. The Morgan fingerprint density at radius 2 is 2.00 bits per heavy atom. The van der Waals surface area contributed by atoms with Crippen LogP contribution in [-0.4, -0.2) is 23.7 Å². The van der Waals surface area contributed by atoms with Gasteiger partial charge in [0.15, 0.2) is 5.57 Å². The van der Waals surface area contributed by atoms with E-state index in [2.05, 4.69) is 4.74 Å². The lowest BCUT2D eigenvalue weighted by Crippen LogP contribution is -2.18. The zero-order valence-electron chi connectivity index (χ0n) is 9.67. The monoisotopic (exact) mass is 269 g/mol. The fourth-order valence-corrected chi connectivity index (χ4v) is 1.37. The molecule has 1 aromatic carbocycles. The third-order valence-corrected chi connectivity index (χ3v) is 2.26. The highest BCUT2D eigenvalue weighted by molar-refractivity contribution is 6.28. The first-order chi connectivity index (χ1) is 8.56. The van der Waals surface area contributed by atoms with Crippen molar-refractivity contribution in [1.29, 1.82) is 0 Å². The van der Waals surface area contributed by atoms with E-state index in [1.54, 1.807) is 37.3 Å². The van der Waals surface area contributed by atoms with Gasteiger partial charge in [0.2, 0.25) is 0 Å². The number of nitrogens with zero attached hydrogens (tertiary/aromatic N) is 1. The Hall–Kier alpha value is -2.01. The van der Waals surface area contributed by atoms with Crippen LogP contribution in [0.4, 0.5) is 5.69 Å². The summed E-state index contributed by atoms with van der Waals surface area (Å²) in [4.78, 5) is 22.3. The van der Waals surface area contributed by atoms with Gasteiger partial charge < -0.3 is 9.84 Å². The van der Waals surface area contributed by atoms with E-state index < -0.39 is 17.5 Å². The molecule has 0 bridgehead atoms. The van der Waals surface area contributed by atoms with E-state index in [1.165, 1.54) is 0 Å². The Labute approximate surface area is 109 Å². The maximum absolute atomic E-state index is 11.4. The second-order valence-corrected chi connectivity index (χ2v) is 3.58. The standard InChI is InChI=1S/C12H12ClNO4/c1-2-18-12(17)10(11(15)16)8-14(13)9-6-4-3-5-7-9/h3-8H,2H2,1H3,(H,15,16). The SMILES string of the molecule is CCOC(=O)C(=CN(Cl)c1ccccc1)C(=O)O. The van der Waals surface area contributed by atoms with Crippen molar-refractivity contribution in [1.82, 2.24) is 0 Å². The van der Waals surface area contributed by atoms with Gasteiger partial charge in [-0.1, -0.05) is 18.2 Å². The lowest BCUT2D eigenvalue weighted by Gasteiger charge is -2.11. The molecule has 5 nitrogen and oxygen atoms in total. The van der Waals surface area contributed by atoms with E-state index >= 15 is 0 Å². The number of ether oxygens (including phenoxy) is 1. The van der Waals surface area contributed by atoms with Crippen LogP contribution in [0.3, 0.4) is 0 Å². The van der Waals surface area contributed by atoms with Crippen molar-refractivity contribution in [2.24, 2.45) is 0 Å². The minimum Gasteiger partial charge on any atom is -0.477 e. The van der Waals surface area contributed by atoms with Crippen molar-refractivity contribution >= 4 is 29.4 Å². The van der Waals surface area contributed by atoms with Gasteiger partial charge in [-0.3, -0.25) is 4.42 Å². The molecular weight excluding hydrogens is 258 g/mol. The Morgan fingerprint density at radius 3 is 2.50 bits per heavy atom. The molecule has 0 aliphatic carbocycles. The van der Waals surface area contributed by atoms with Gasteiger partial charge in [0.05, 0.1) is 12.3 Å². The molecule has 1 N–H and O–H groups in total. The van der Waals surface area contributed by atoms with Gasteiger partial charge in [-0.2, -0.15) is 0 Å². The third-order valence-electron chi connectivity index (χ3n) is 1.97. The van der Waals surface area contributed by atoms with Crippen LogP contribution in [0.5, 0.6) is 0 Å². The molecule has 6 heteroatoms. The molecule has 1 rings (SSSR count). The number of carboxylic acid groups (broad SMARTS) is 1. The number of rotatable bonds is 5.